The SMILES string of the molecule is CCc1cn[nH]c1NC(=O)CNC(C)(C)C. The molecule has 1 aromatic rings. The Bertz CT molecular complexity index is 351. The number of H-pyrrole nitrogens is 1. The van der Waals surface area contributed by atoms with Crippen molar-refractivity contribution in [1.82, 2.24) is 15.5 Å². The van der Waals surface area contributed by atoms with Crippen molar-refractivity contribution in [1.29, 1.82) is 0 Å². The molecule has 3 N–H and O–H groups in total. The fraction of sp³-hybridized carbons (Fsp3) is 0.636. The van der Waals surface area contributed by atoms with Gasteiger partial charge in [-0.25, -0.2) is 0 Å². The van der Waals surface area contributed by atoms with Gasteiger partial charge in [0.05, 0.1) is 12.7 Å². The van der Waals surface area contributed by atoms with Crippen LogP contribution >= 0.6 is 0 Å². The lowest BCUT2D eigenvalue weighted by atomic mass is 10.1. The minimum atomic E-state index is -0.0612. The van der Waals surface area contributed by atoms with Crippen molar-refractivity contribution >= 4 is 11.7 Å². The number of hydrogen-bond donors (Lipinski definition) is 3. The molecule has 0 radical (unpaired) electrons. The molecule has 1 rings (SSSR count). The zero-order valence-corrected chi connectivity index (χ0v) is 10.3. The first-order valence-corrected chi connectivity index (χ1v) is 5.49. The highest BCUT2D eigenvalue weighted by molar-refractivity contribution is 5.91. The Morgan fingerprint density at radius 2 is 2.19 bits per heavy atom. The number of amides is 1. The second-order valence-corrected chi connectivity index (χ2v) is 4.78. The van der Waals surface area contributed by atoms with Gasteiger partial charge in [-0.2, -0.15) is 5.10 Å². The molecule has 0 bridgehead atoms. The number of carbonyl (C=O) groups is 1. The molecule has 1 heterocycles. The Labute approximate surface area is 96.0 Å². The first kappa shape index (κ1) is 12.7. The predicted molar refractivity (Wildman–Crippen MR) is 64.4 cm³/mol. The van der Waals surface area contributed by atoms with Crippen LogP contribution in [0.5, 0.6) is 0 Å². The number of nitrogens with one attached hydrogen (secondary N) is 3. The van der Waals surface area contributed by atoms with Crippen LogP contribution in [0.25, 0.3) is 0 Å². The van der Waals surface area contributed by atoms with Gasteiger partial charge in [0.2, 0.25) is 5.91 Å². The van der Waals surface area contributed by atoms with Crippen molar-refractivity contribution in [3.63, 3.8) is 0 Å². The number of aryl methyl sites for hydroxylation is 1. The summed E-state index contributed by atoms with van der Waals surface area (Å²) in [5, 5.41) is 12.6. The molecule has 16 heavy (non-hydrogen) atoms. The van der Waals surface area contributed by atoms with Crippen molar-refractivity contribution in [2.75, 3.05) is 11.9 Å². The summed E-state index contributed by atoms with van der Waals surface area (Å²) in [6.07, 6.45) is 2.58. The zero-order valence-electron chi connectivity index (χ0n) is 10.3. The van der Waals surface area contributed by atoms with Gasteiger partial charge in [0, 0.05) is 11.1 Å². The largest absolute Gasteiger partial charge is 0.310 e. The lowest BCUT2D eigenvalue weighted by Gasteiger charge is -2.19. The van der Waals surface area contributed by atoms with E-state index in [1.54, 1.807) is 6.20 Å². The van der Waals surface area contributed by atoms with Crippen LogP contribution in [0.4, 0.5) is 5.82 Å². The van der Waals surface area contributed by atoms with E-state index in [0.29, 0.717) is 12.4 Å². The highest BCUT2D eigenvalue weighted by Crippen LogP contribution is 2.10. The van der Waals surface area contributed by atoms with E-state index < -0.39 is 0 Å². The molecule has 0 saturated carbocycles. The second-order valence-electron chi connectivity index (χ2n) is 4.78. The summed E-state index contributed by atoms with van der Waals surface area (Å²) in [6, 6.07) is 0. The van der Waals surface area contributed by atoms with Crippen LogP contribution in [0.2, 0.25) is 0 Å². The first-order chi connectivity index (χ1) is 7.42. The molecular weight excluding hydrogens is 204 g/mol. The molecule has 0 atom stereocenters. The van der Waals surface area contributed by atoms with Crippen LogP contribution in [-0.4, -0.2) is 28.2 Å². The average Bonchev–Trinajstić information content (AvgIpc) is 2.61. The van der Waals surface area contributed by atoms with E-state index in [1.165, 1.54) is 0 Å². The van der Waals surface area contributed by atoms with E-state index in [0.717, 1.165) is 12.0 Å². The first-order valence-electron chi connectivity index (χ1n) is 5.49. The molecular formula is C11H20N4O. The maximum absolute atomic E-state index is 11.6. The van der Waals surface area contributed by atoms with Gasteiger partial charge >= 0.3 is 0 Å². The molecule has 0 aliphatic heterocycles. The summed E-state index contributed by atoms with van der Waals surface area (Å²) in [7, 11) is 0. The van der Waals surface area contributed by atoms with Crippen molar-refractivity contribution in [3.05, 3.63) is 11.8 Å². The second kappa shape index (κ2) is 5.12. The maximum Gasteiger partial charge on any atom is 0.239 e. The molecule has 0 fully saturated rings. The van der Waals surface area contributed by atoms with Gasteiger partial charge in [-0.15, -0.1) is 0 Å². The molecule has 90 valence electrons. The van der Waals surface area contributed by atoms with Crippen LogP contribution in [0.15, 0.2) is 6.20 Å². The number of hydrogen-bond acceptors (Lipinski definition) is 3. The number of aromatic amines is 1. The molecule has 0 aliphatic rings. The molecule has 1 aromatic heterocycles. The molecule has 0 aliphatic carbocycles. The van der Waals surface area contributed by atoms with Gasteiger partial charge in [0.15, 0.2) is 0 Å². The van der Waals surface area contributed by atoms with Gasteiger partial charge in [-0.1, -0.05) is 6.92 Å². The summed E-state index contributed by atoms with van der Waals surface area (Å²) in [6.45, 7) is 8.38. The Hall–Kier alpha value is -1.36. The average molecular weight is 224 g/mol. The highest BCUT2D eigenvalue weighted by atomic mass is 16.2. The number of nitrogens with zero attached hydrogens (tertiary/aromatic N) is 1. The topological polar surface area (TPSA) is 69.8 Å². The van der Waals surface area contributed by atoms with Gasteiger partial charge in [-0.05, 0) is 27.2 Å². The van der Waals surface area contributed by atoms with E-state index in [4.69, 9.17) is 0 Å². The Morgan fingerprint density at radius 1 is 1.50 bits per heavy atom. The summed E-state index contributed by atoms with van der Waals surface area (Å²) >= 11 is 0. The maximum atomic E-state index is 11.6. The van der Waals surface area contributed by atoms with Crippen LogP contribution in [0, 0.1) is 0 Å². The van der Waals surface area contributed by atoms with E-state index in [-0.39, 0.29) is 11.4 Å². The minimum Gasteiger partial charge on any atom is -0.310 e. The highest BCUT2D eigenvalue weighted by Gasteiger charge is 2.12. The lowest BCUT2D eigenvalue weighted by molar-refractivity contribution is -0.115. The smallest absolute Gasteiger partial charge is 0.239 e. The third kappa shape index (κ3) is 4.02. The summed E-state index contributed by atoms with van der Waals surface area (Å²) in [5.41, 5.74) is 0.961. The van der Waals surface area contributed by atoms with Gasteiger partial charge in [-0.3, -0.25) is 9.89 Å². The number of anilines is 1. The lowest BCUT2D eigenvalue weighted by Crippen LogP contribution is -2.41. The van der Waals surface area contributed by atoms with Crippen LogP contribution in [0.3, 0.4) is 0 Å². The number of aromatic nitrogens is 2. The Morgan fingerprint density at radius 3 is 2.75 bits per heavy atom. The van der Waals surface area contributed by atoms with Crippen molar-refractivity contribution < 1.29 is 4.79 Å². The zero-order chi connectivity index (χ0) is 12.2. The standard InChI is InChI=1S/C11H20N4O/c1-5-8-6-13-15-10(8)14-9(16)7-12-11(2,3)4/h6,12H,5,7H2,1-4H3,(H2,13,14,15,16). The molecule has 5 nitrogen and oxygen atoms in total. The van der Waals surface area contributed by atoms with Crippen LogP contribution in [-0.2, 0) is 11.2 Å². The fourth-order valence-electron chi connectivity index (χ4n) is 1.22. The third-order valence-corrected chi connectivity index (χ3v) is 2.14. The van der Waals surface area contributed by atoms with Crippen LogP contribution < -0.4 is 10.6 Å². The minimum absolute atomic E-state index is 0.0566. The molecule has 0 unspecified atom stereocenters. The van der Waals surface area contributed by atoms with Gasteiger partial charge in [0.25, 0.3) is 0 Å². The summed E-state index contributed by atoms with van der Waals surface area (Å²) in [4.78, 5) is 11.6. The Kier molecular flexibility index (Phi) is 4.06. The van der Waals surface area contributed by atoms with E-state index >= 15 is 0 Å². The van der Waals surface area contributed by atoms with Crippen molar-refractivity contribution in [3.8, 4) is 0 Å². The quantitative estimate of drug-likeness (QED) is 0.722. The summed E-state index contributed by atoms with van der Waals surface area (Å²) < 4.78 is 0. The number of rotatable bonds is 4. The van der Waals surface area contributed by atoms with Crippen LogP contribution in [0.1, 0.15) is 33.3 Å². The van der Waals surface area contributed by atoms with Gasteiger partial charge in [0.1, 0.15) is 5.82 Å². The molecule has 5 heteroatoms. The molecule has 1 amide bonds. The fourth-order valence-corrected chi connectivity index (χ4v) is 1.22. The number of carbonyl (C=O) groups excluding carboxylic acids is 1. The van der Waals surface area contributed by atoms with Crippen molar-refractivity contribution in [2.45, 2.75) is 39.7 Å². The van der Waals surface area contributed by atoms with Gasteiger partial charge < -0.3 is 10.6 Å². The summed E-state index contributed by atoms with van der Waals surface area (Å²) in [5.74, 6) is 0.636. The predicted octanol–water partition coefficient (Wildman–Crippen LogP) is 1.30. The van der Waals surface area contributed by atoms with E-state index in [2.05, 4.69) is 20.8 Å². The monoisotopic (exact) mass is 224 g/mol. The molecule has 0 spiro atoms. The van der Waals surface area contributed by atoms with E-state index in [1.807, 2.05) is 27.7 Å². The normalized spacial score (nSPS) is 11.5. The molecule has 0 saturated heterocycles. The van der Waals surface area contributed by atoms with Crippen molar-refractivity contribution in [2.24, 2.45) is 0 Å². The van der Waals surface area contributed by atoms with E-state index in [9.17, 15) is 4.79 Å². The molecule has 0 aromatic carbocycles. The third-order valence-electron chi connectivity index (χ3n) is 2.14. The Balaban J connectivity index is 2.46.